The second-order valence-electron chi connectivity index (χ2n) is 5.89. The van der Waals surface area contributed by atoms with Crippen LogP contribution in [0.1, 0.15) is 24.6 Å². The van der Waals surface area contributed by atoms with Gasteiger partial charge in [-0.05, 0) is 31.9 Å². The van der Waals surface area contributed by atoms with Gasteiger partial charge in [0, 0.05) is 37.6 Å². The van der Waals surface area contributed by atoms with Crippen molar-refractivity contribution in [1.82, 2.24) is 20.4 Å². The number of likely N-dealkylation sites (N-methyl/N-ethyl adjacent to an activating group) is 1. The monoisotopic (exact) mass is 372 g/mol. The Bertz CT molecular complexity index is 558. The van der Waals surface area contributed by atoms with Crippen LogP contribution in [0.15, 0.2) is 12.1 Å². The van der Waals surface area contributed by atoms with Gasteiger partial charge in [0.1, 0.15) is 0 Å². The highest BCUT2D eigenvalue weighted by molar-refractivity contribution is 7.16. The van der Waals surface area contributed by atoms with Crippen LogP contribution in [0.25, 0.3) is 0 Å². The fourth-order valence-corrected chi connectivity index (χ4v) is 3.84. The molecule has 2 N–H and O–H groups in total. The molecule has 134 valence electrons. The van der Waals surface area contributed by atoms with Crippen LogP contribution in [0.2, 0.25) is 4.34 Å². The van der Waals surface area contributed by atoms with E-state index >= 15 is 0 Å². The molecule has 0 aromatic carbocycles. The quantitative estimate of drug-likeness (QED) is 0.804. The first-order valence-electron chi connectivity index (χ1n) is 8.24. The van der Waals surface area contributed by atoms with Gasteiger partial charge in [0.2, 0.25) is 5.91 Å². The predicted molar refractivity (Wildman–Crippen MR) is 97.5 cm³/mol. The smallest absolute Gasteiger partial charge is 0.317 e. The first-order valence-corrected chi connectivity index (χ1v) is 9.43. The number of likely N-dealkylation sites (tertiary alicyclic amines) is 1. The maximum Gasteiger partial charge on any atom is 0.317 e. The van der Waals surface area contributed by atoms with E-state index in [1.54, 1.807) is 11.9 Å². The van der Waals surface area contributed by atoms with Gasteiger partial charge in [-0.1, -0.05) is 11.6 Å². The molecule has 1 fully saturated rings. The lowest BCUT2D eigenvalue weighted by Crippen LogP contribution is -2.50. The van der Waals surface area contributed by atoms with Crippen molar-refractivity contribution in [1.29, 1.82) is 0 Å². The normalized spacial score (nSPS) is 16.0. The fraction of sp³-hybridized carbons (Fsp3) is 0.625. The highest BCUT2D eigenvalue weighted by Crippen LogP contribution is 2.22. The van der Waals surface area contributed by atoms with Gasteiger partial charge in [-0.2, -0.15) is 0 Å². The van der Waals surface area contributed by atoms with E-state index in [4.69, 9.17) is 11.6 Å². The number of nitrogens with one attached hydrogen (secondary N) is 2. The van der Waals surface area contributed by atoms with Gasteiger partial charge in [0.25, 0.3) is 0 Å². The van der Waals surface area contributed by atoms with Crippen molar-refractivity contribution in [2.75, 3.05) is 33.2 Å². The van der Waals surface area contributed by atoms with Crippen molar-refractivity contribution < 1.29 is 9.59 Å². The Kier molecular flexibility index (Phi) is 7.33. The molecule has 8 heteroatoms. The molecule has 1 aromatic rings. The maximum absolute atomic E-state index is 12.5. The zero-order chi connectivity index (χ0) is 17.5. The van der Waals surface area contributed by atoms with Gasteiger partial charge in [-0.3, -0.25) is 9.69 Å². The van der Waals surface area contributed by atoms with Crippen LogP contribution < -0.4 is 10.6 Å². The standard InChI is InChI=1S/C16H25ClN4O2S/c1-3-21(10-13-4-5-14(17)24-13)16(23)19-12-6-8-20(9-7-12)11-15(22)18-2/h4-5,12H,3,6-11H2,1-2H3,(H,18,22)(H,19,23). The molecular formula is C16H25ClN4O2S. The molecule has 1 aromatic heterocycles. The average molecular weight is 373 g/mol. The summed E-state index contributed by atoms with van der Waals surface area (Å²) >= 11 is 7.45. The van der Waals surface area contributed by atoms with Crippen molar-refractivity contribution >= 4 is 34.9 Å². The second kappa shape index (κ2) is 9.25. The minimum absolute atomic E-state index is 0.0317. The van der Waals surface area contributed by atoms with Crippen LogP contribution in [0.3, 0.4) is 0 Å². The molecule has 1 aliphatic heterocycles. The lowest BCUT2D eigenvalue weighted by molar-refractivity contribution is -0.122. The summed E-state index contributed by atoms with van der Waals surface area (Å²) in [6.45, 7) is 5.28. The van der Waals surface area contributed by atoms with E-state index in [1.165, 1.54) is 11.3 Å². The number of hydrogen-bond donors (Lipinski definition) is 2. The summed E-state index contributed by atoms with van der Waals surface area (Å²) in [6.07, 6.45) is 1.73. The first kappa shape index (κ1) is 19.0. The number of carbonyl (C=O) groups excluding carboxylic acids is 2. The minimum Gasteiger partial charge on any atom is -0.358 e. The average Bonchev–Trinajstić information content (AvgIpc) is 2.99. The Hall–Kier alpha value is -1.31. The van der Waals surface area contributed by atoms with Crippen molar-refractivity contribution in [2.24, 2.45) is 0 Å². The largest absolute Gasteiger partial charge is 0.358 e. The van der Waals surface area contributed by atoms with Crippen molar-refractivity contribution in [3.05, 3.63) is 21.3 Å². The van der Waals surface area contributed by atoms with Crippen LogP contribution in [0, 0.1) is 0 Å². The first-order chi connectivity index (χ1) is 11.5. The number of amides is 3. The molecule has 1 saturated heterocycles. The molecule has 0 saturated carbocycles. The van der Waals surface area contributed by atoms with Gasteiger partial charge >= 0.3 is 6.03 Å². The lowest BCUT2D eigenvalue weighted by atomic mass is 10.1. The summed E-state index contributed by atoms with van der Waals surface area (Å²) in [4.78, 5) is 28.9. The van der Waals surface area contributed by atoms with E-state index in [-0.39, 0.29) is 18.0 Å². The van der Waals surface area contributed by atoms with E-state index in [0.29, 0.717) is 19.6 Å². The Balaban J connectivity index is 1.78. The molecule has 3 amide bonds. The topological polar surface area (TPSA) is 64.7 Å². The van der Waals surface area contributed by atoms with Gasteiger partial charge in [0.15, 0.2) is 0 Å². The molecule has 0 atom stereocenters. The van der Waals surface area contributed by atoms with Crippen molar-refractivity contribution in [3.63, 3.8) is 0 Å². The van der Waals surface area contributed by atoms with Crippen LogP contribution in [0.5, 0.6) is 0 Å². The zero-order valence-electron chi connectivity index (χ0n) is 14.2. The molecule has 6 nitrogen and oxygen atoms in total. The summed E-state index contributed by atoms with van der Waals surface area (Å²) in [5.41, 5.74) is 0. The van der Waals surface area contributed by atoms with Gasteiger partial charge < -0.3 is 15.5 Å². The number of thiophene rings is 1. The van der Waals surface area contributed by atoms with E-state index in [0.717, 1.165) is 35.1 Å². The number of carbonyl (C=O) groups is 2. The lowest BCUT2D eigenvalue weighted by Gasteiger charge is -2.33. The minimum atomic E-state index is -0.0354. The molecule has 0 bridgehead atoms. The Morgan fingerprint density at radius 1 is 1.38 bits per heavy atom. The third kappa shape index (κ3) is 5.65. The maximum atomic E-state index is 12.5. The molecule has 0 spiro atoms. The number of halogens is 1. The van der Waals surface area contributed by atoms with Crippen LogP contribution >= 0.6 is 22.9 Å². The number of rotatable bonds is 6. The SMILES string of the molecule is CCN(Cc1ccc(Cl)s1)C(=O)NC1CCN(CC(=O)NC)CC1. The Morgan fingerprint density at radius 3 is 2.62 bits per heavy atom. The van der Waals surface area contributed by atoms with Gasteiger partial charge in [-0.15, -0.1) is 11.3 Å². The molecule has 2 rings (SSSR count). The molecular weight excluding hydrogens is 348 g/mol. The van der Waals surface area contributed by atoms with Crippen LogP contribution in [-0.4, -0.2) is 61.0 Å². The Labute approximate surface area is 152 Å². The molecule has 0 unspecified atom stereocenters. The fourth-order valence-electron chi connectivity index (χ4n) is 2.74. The van der Waals surface area contributed by atoms with Gasteiger partial charge in [0.05, 0.1) is 17.4 Å². The highest BCUT2D eigenvalue weighted by atomic mass is 35.5. The third-order valence-corrected chi connectivity index (χ3v) is 5.42. The summed E-state index contributed by atoms with van der Waals surface area (Å²) in [5.74, 6) is 0.0317. The number of hydrogen-bond acceptors (Lipinski definition) is 4. The van der Waals surface area contributed by atoms with Crippen LogP contribution in [0.4, 0.5) is 4.79 Å². The summed E-state index contributed by atoms with van der Waals surface area (Å²) in [7, 11) is 1.65. The predicted octanol–water partition coefficient (Wildman–Crippen LogP) is 2.14. The molecule has 1 aliphatic rings. The molecule has 2 heterocycles. The third-order valence-electron chi connectivity index (χ3n) is 4.21. The van der Waals surface area contributed by atoms with E-state index in [2.05, 4.69) is 15.5 Å². The van der Waals surface area contributed by atoms with Crippen molar-refractivity contribution in [3.8, 4) is 0 Å². The van der Waals surface area contributed by atoms with Crippen molar-refractivity contribution in [2.45, 2.75) is 32.4 Å². The number of nitrogens with zero attached hydrogens (tertiary/aromatic N) is 2. The highest BCUT2D eigenvalue weighted by Gasteiger charge is 2.23. The number of urea groups is 1. The second-order valence-corrected chi connectivity index (χ2v) is 7.69. The summed E-state index contributed by atoms with van der Waals surface area (Å²) in [5, 5.41) is 5.75. The number of piperidine rings is 1. The summed E-state index contributed by atoms with van der Waals surface area (Å²) < 4.78 is 0.741. The Morgan fingerprint density at radius 2 is 2.08 bits per heavy atom. The van der Waals surface area contributed by atoms with E-state index in [1.807, 2.05) is 19.1 Å². The van der Waals surface area contributed by atoms with Gasteiger partial charge in [-0.25, -0.2) is 4.79 Å². The molecule has 0 aliphatic carbocycles. The molecule has 0 radical (unpaired) electrons. The summed E-state index contributed by atoms with van der Waals surface area (Å²) in [6, 6.07) is 3.95. The van der Waals surface area contributed by atoms with Crippen LogP contribution in [-0.2, 0) is 11.3 Å². The van der Waals surface area contributed by atoms with E-state index < -0.39 is 0 Å². The van der Waals surface area contributed by atoms with E-state index in [9.17, 15) is 9.59 Å². The molecule has 24 heavy (non-hydrogen) atoms. The zero-order valence-corrected chi connectivity index (χ0v) is 15.8.